The van der Waals surface area contributed by atoms with E-state index in [1.807, 2.05) is 30.3 Å². The second-order valence-electron chi connectivity index (χ2n) is 8.81. The fraction of sp³-hybridized carbons (Fsp3) is 0.111. The number of anilines is 3. The van der Waals surface area contributed by atoms with Crippen molar-refractivity contribution in [3.63, 3.8) is 0 Å². The van der Waals surface area contributed by atoms with Crippen LogP contribution >= 0.6 is 0 Å². The van der Waals surface area contributed by atoms with Crippen LogP contribution in [0.4, 0.5) is 34.9 Å². The molecule has 8 nitrogen and oxygen atoms in total. The van der Waals surface area contributed by atoms with Gasteiger partial charge < -0.3 is 16.4 Å². The highest BCUT2D eigenvalue weighted by Gasteiger charge is 2.32. The number of carbonyl (C=O) groups is 1. The quantitative estimate of drug-likeness (QED) is 0.200. The fourth-order valence-corrected chi connectivity index (χ4v) is 3.97. The minimum absolute atomic E-state index is 0.0329. The number of hydrogen-bond acceptors (Lipinski definition) is 6. The summed E-state index contributed by atoms with van der Waals surface area (Å²) in [6, 6.07) is 13.7. The summed E-state index contributed by atoms with van der Waals surface area (Å²) in [7, 11) is 0. The van der Waals surface area contributed by atoms with Gasteiger partial charge in [-0.3, -0.25) is 9.89 Å². The Morgan fingerprint density at radius 3 is 2.49 bits per heavy atom. The molecule has 0 radical (unpaired) electrons. The van der Waals surface area contributed by atoms with E-state index in [0.717, 1.165) is 28.8 Å². The van der Waals surface area contributed by atoms with Crippen LogP contribution in [0.25, 0.3) is 22.2 Å². The van der Waals surface area contributed by atoms with Gasteiger partial charge in [0.05, 0.1) is 16.5 Å². The maximum atomic E-state index is 13.4. The molecular formula is C27H21F4N7O. The number of nitrogen functional groups attached to an aromatic ring is 1. The third-order valence-electron chi connectivity index (χ3n) is 6.08. The maximum Gasteiger partial charge on any atom is 0.417 e. The van der Waals surface area contributed by atoms with E-state index in [0.29, 0.717) is 28.6 Å². The van der Waals surface area contributed by atoms with Crippen LogP contribution in [0.5, 0.6) is 0 Å². The van der Waals surface area contributed by atoms with Crippen molar-refractivity contribution in [2.24, 2.45) is 0 Å². The molecule has 5 aromatic rings. The molecule has 5 rings (SSSR count). The van der Waals surface area contributed by atoms with E-state index in [-0.39, 0.29) is 23.6 Å². The standard InChI is InChI=1S/C27H21F4N7O/c1-14-8-19(28)6-7-22(14)36-26(39)21-10-18(27(29,30)31)13-35-24(21)33-11-15-2-4-16(5-3-15)17-9-20-23(32)37-38-25(20)34-12-17/h2-10,12-13H,11H2,1H3,(H,33,35)(H,36,39)(H3,32,34,37,38). The number of aromatic amines is 1. The number of nitrogens with zero attached hydrogens (tertiary/aromatic N) is 3. The number of carbonyl (C=O) groups excluding carboxylic acids is 1. The molecule has 39 heavy (non-hydrogen) atoms. The predicted octanol–water partition coefficient (Wildman–Crippen LogP) is 5.93. The molecule has 0 bridgehead atoms. The topological polar surface area (TPSA) is 122 Å². The molecule has 0 saturated heterocycles. The molecule has 0 unspecified atom stereocenters. The smallest absolute Gasteiger partial charge is 0.384 e. The number of halogens is 4. The molecule has 3 heterocycles. The number of H-pyrrole nitrogens is 1. The number of aromatic nitrogens is 4. The molecule has 0 atom stereocenters. The maximum absolute atomic E-state index is 13.4. The Bertz CT molecular complexity index is 1680. The Morgan fingerprint density at radius 1 is 1.00 bits per heavy atom. The van der Waals surface area contributed by atoms with Crippen LogP contribution in [-0.4, -0.2) is 26.1 Å². The molecule has 0 aliphatic carbocycles. The van der Waals surface area contributed by atoms with Crippen molar-refractivity contribution in [3.05, 3.63) is 95.1 Å². The summed E-state index contributed by atoms with van der Waals surface area (Å²) in [6.07, 6.45) is -2.35. The number of amides is 1. The van der Waals surface area contributed by atoms with E-state index in [1.165, 1.54) is 12.1 Å². The van der Waals surface area contributed by atoms with Gasteiger partial charge in [-0.2, -0.15) is 18.3 Å². The van der Waals surface area contributed by atoms with E-state index in [4.69, 9.17) is 5.73 Å². The number of aryl methyl sites for hydroxylation is 1. The Morgan fingerprint density at radius 2 is 1.77 bits per heavy atom. The van der Waals surface area contributed by atoms with Crippen LogP contribution in [0.3, 0.4) is 0 Å². The number of hydrogen-bond donors (Lipinski definition) is 4. The average molecular weight is 536 g/mol. The molecule has 3 aromatic heterocycles. The summed E-state index contributed by atoms with van der Waals surface area (Å²) < 4.78 is 53.5. The zero-order valence-corrected chi connectivity index (χ0v) is 20.4. The Labute approximate surface area is 219 Å². The van der Waals surface area contributed by atoms with Crippen molar-refractivity contribution in [1.29, 1.82) is 0 Å². The van der Waals surface area contributed by atoms with E-state index >= 15 is 0 Å². The number of pyridine rings is 2. The zero-order valence-electron chi connectivity index (χ0n) is 20.4. The molecule has 0 fully saturated rings. The molecule has 0 aliphatic rings. The first-order valence-corrected chi connectivity index (χ1v) is 11.7. The lowest BCUT2D eigenvalue weighted by molar-refractivity contribution is -0.137. The number of alkyl halides is 3. The largest absolute Gasteiger partial charge is 0.417 e. The Hall–Kier alpha value is -5.00. The molecule has 0 saturated carbocycles. The lowest BCUT2D eigenvalue weighted by Crippen LogP contribution is -2.18. The second kappa shape index (κ2) is 10.0. The summed E-state index contributed by atoms with van der Waals surface area (Å²) in [4.78, 5) is 21.2. The van der Waals surface area contributed by atoms with Gasteiger partial charge in [0.1, 0.15) is 17.5 Å². The lowest BCUT2D eigenvalue weighted by atomic mass is 10.0. The van der Waals surface area contributed by atoms with Crippen LogP contribution in [0, 0.1) is 12.7 Å². The van der Waals surface area contributed by atoms with Gasteiger partial charge >= 0.3 is 6.18 Å². The van der Waals surface area contributed by atoms with E-state index in [2.05, 4.69) is 30.8 Å². The van der Waals surface area contributed by atoms with Gasteiger partial charge in [0.2, 0.25) is 0 Å². The number of nitrogens with two attached hydrogens (primary N) is 1. The predicted molar refractivity (Wildman–Crippen MR) is 139 cm³/mol. The molecule has 0 spiro atoms. The van der Waals surface area contributed by atoms with E-state index in [9.17, 15) is 22.4 Å². The third-order valence-corrected chi connectivity index (χ3v) is 6.08. The highest BCUT2D eigenvalue weighted by atomic mass is 19.4. The molecule has 0 aliphatic heterocycles. The van der Waals surface area contributed by atoms with E-state index < -0.39 is 23.5 Å². The molecule has 2 aromatic carbocycles. The average Bonchev–Trinajstić information content (AvgIpc) is 3.28. The molecular weight excluding hydrogens is 514 g/mol. The van der Waals surface area contributed by atoms with Crippen molar-refractivity contribution in [1.82, 2.24) is 20.2 Å². The SMILES string of the molecule is Cc1cc(F)ccc1NC(=O)c1cc(C(F)(F)F)cnc1NCc1ccc(-c2cnc3n[nH]c(N)c3c2)cc1. The third kappa shape index (κ3) is 5.49. The van der Waals surface area contributed by atoms with E-state index in [1.54, 1.807) is 13.1 Å². The van der Waals surface area contributed by atoms with Gasteiger partial charge in [-0.15, -0.1) is 0 Å². The van der Waals surface area contributed by atoms with Crippen molar-refractivity contribution >= 4 is 34.3 Å². The summed E-state index contributed by atoms with van der Waals surface area (Å²) in [5.41, 5.74) is 8.20. The fourth-order valence-electron chi connectivity index (χ4n) is 3.97. The number of fused-ring (bicyclic) bond motifs is 1. The monoisotopic (exact) mass is 535 g/mol. The van der Waals surface area contributed by atoms with Gasteiger partial charge in [-0.25, -0.2) is 14.4 Å². The highest BCUT2D eigenvalue weighted by molar-refractivity contribution is 6.08. The van der Waals surface area contributed by atoms with Gasteiger partial charge in [-0.1, -0.05) is 24.3 Å². The Kier molecular flexibility index (Phi) is 6.60. The molecule has 5 N–H and O–H groups in total. The summed E-state index contributed by atoms with van der Waals surface area (Å²) in [6.45, 7) is 1.75. The van der Waals surface area contributed by atoms with Crippen LogP contribution in [0.15, 0.2) is 67.0 Å². The minimum Gasteiger partial charge on any atom is -0.384 e. The van der Waals surface area contributed by atoms with Crippen molar-refractivity contribution < 1.29 is 22.4 Å². The molecule has 12 heteroatoms. The van der Waals surface area contributed by atoms with Crippen molar-refractivity contribution in [2.45, 2.75) is 19.6 Å². The van der Waals surface area contributed by atoms with Crippen LogP contribution in [0.1, 0.15) is 27.0 Å². The number of benzene rings is 2. The van der Waals surface area contributed by atoms with Gasteiger partial charge in [0, 0.05) is 30.2 Å². The van der Waals surface area contributed by atoms with Crippen molar-refractivity contribution in [2.75, 3.05) is 16.4 Å². The van der Waals surface area contributed by atoms with Crippen LogP contribution in [0.2, 0.25) is 0 Å². The normalized spacial score (nSPS) is 11.5. The van der Waals surface area contributed by atoms with Gasteiger partial charge in [0.15, 0.2) is 5.65 Å². The Balaban J connectivity index is 1.36. The first kappa shape index (κ1) is 25.6. The first-order chi connectivity index (χ1) is 18.6. The van der Waals surface area contributed by atoms with Gasteiger partial charge in [-0.05, 0) is 53.9 Å². The highest BCUT2D eigenvalue weighted by Crippen LogP contribution is 2.31. The number of nitrogens with one attached hydrogen (secondary N) is 3. The summed E-state index contributed by atoms with van der Waals surface area (Å²) in [5.74, 6) is -0.933. The summed E-state index contributed by atoms with van der Waals surface area (Å²) in [5, 5.41) is 12.9. The van der Waals surface area contributed by atoms with Crippen LogP contribution < -0.4 is 16.4 Å². The number of rotatable bonds is 6. The lowest BCUT2D eigenvalue weighted by Gasteiger charge is -2.15. The first-order valence-electron chi connectivity index (χ1n) is 11.7. The van der Waals surface area contributed by atoms with Crippen molar-refractivity contribution in [3.8, 4) is 11.1 Å². The molecule has 198 valence electrons. The van der Waals surface area contributed by atoms with Gasteiger partial charge in [0.25, 0.3) is 5.91 Å². The summed E-state index contributed by atoms with van der Waals surface area (Å²) >= 11 is 0. The second-order valence-corrected chi connectivity index (χ2v) is 8.81. The molecule has 1 amide bonds. The zero-order chi connectivity index (χ0) is 27.7. The minimum atomic E-state index is -4.69. The van der Waals surface area contributed by atoms with Crippen LogP contribution in [-0.2, 0) is 12.7 Å².